The molecule has 1 aromatic rings. The number of benzene rings is 1. The largest absolute Gasteiger partial charge is 0.530 e. The van der Waals surface area contributed by atoms with Crippen molar-refractivity contribution in [2.45, 2.75) is 19.8 Å². The van der Waals surface area contributed by atoms with Gasteiger partial charge >= 0.3 is 0 Å². The zero-order valence-electron chi connectivity index (χ0n) is 10.4. The Balaban J connectivity index is 2.53. The van der Waals surface area contributed by atoms with Crippen LogP contribution in [0.2, 0.25) is 5.02 Å². The number of unbranched alkanes of at least 4 members (excludes halogenated alkanes) is 1. The van der Waals surface area contributed by atoms with E-state index in [0.717, 1.165) is 17.7 Å². The monoisotopic (exact) mass is 270 g/mol. The van der Waals surface area contributed by atoms with Gasteiger partial charge in [0.1, 0.15) is 6.09 Å². The number of ether oxygens (including phenoxy) is 1. The Morgan fingerprint density at radius 2 is 2.22 bits per heavy atom. The Labute approximate surface area is 112 Å². The highest BCUT2D eigenvalue weighted by atomic mass is 35.5. The van der Waals surface area contributed by atoms with Crippen molar-refractivity contribution in [2.24, 2.45) is 0 Å². The lowest BCUT2D eigenvalue weighted by Gasteiger charge is -2.25. The fourth-order valence-electron chi connectivity index (χ4n) is 1.47. The van der Waals surface area contributed by atoms with Gasteiger partial charge in [-0.05, 0) is 24.6 Å². The van der Waals surface area contributed by atoms with Crippen LogP contribution in [0.3, 0.4) is 0 Å². The molecular formula is C13H17ClNO3-. The van der Waals surface area contributed by atoms with Crippen LogP contribution in [0.5, 0.6) is 0 Å². The Hall–Kier alpha value is -1.26. The lowest BCUT2D eigenvalue weighted by atomic mass is 10.3. The van der Waals surface area contributed by atoms with Gasteiger partial charge in [0.25, 0.3) is 0 Å². The minimum atomic E-state index is -1.25. The number of hydrogen-bond donors (Lipinski definition) is 0. The molecular weight excluding hydrogens is 254 g/mol. The van der Waals surface area contributed by atoms with E-state index in [2.05, 4.69) is 6.92 Å². The SMILES string of the molecule is CCCCOCCN(C(=O)[O-])c1cccc(Cl)c1. The zero-order valence-corrected chi connectivity index (χ0v) is 11.2. The summed E-state index contributed by atoms with van der Waals surface area (Å²) in [6.07, 6.45) is 0.775. The molecule has 0 heterocycles. The highest BCUT2D eigenvalue weighted by Crippen LogP contribution is 2.19. The molecule has 18 heavy (non-hydrogen) atoms. The van der Waals surface area contributed by atoms with Crippen LogP contribution in [0, 0.1) is 0 Å². The molecule has 0 spiro atoms. The Bertz CT molecular complexity index is 384. The van der Waals surface area contributed by atoms with Crippen LogP contribution in [-0.4, -0.2) is 25.9 Å². The summed E-state index contributed by atoms with van der Waals surface area (Å²) in [4.78, 5) is 12.2. The molecule has 1 rings (SSSR count). The number of rotatable bonds is 7. The smallest absolute Gasteiger partial charge is 0.141 e. The van der Waals surface area contributed by atoms with Crippen molar-refractivity contribution in [3.63, 3.8) is 0 Å². The van der Waals surface area contributed by atoms with Crippen molar-refractivity contribution in [2.75, 3.05) is 24.7 Å². The first kappa shape index (κ1) is 14.8. The summed E-state index contributed by atoms with van der Waals surface area (Å²) in [5.74, 6) is 0. The van der Waals surface area contributed by atoms with Crippen molar-refractivity contribution < 1.29 is 14.6 Å². The molecule has 0 unspecified atom stereocenters. The van der Waals surface area contributed by atoms with Crippen LogP contribution >= 0.6 is 11.6 Å². The standard InChI is InChI=1S/C13H18ClNO3/c1-2-3-8-18-9-7-15(13(16)17)12-6-4-5-11(14)10-12/h4-6,10H,2-3,7-9H2,1H3,(H,16,17)/p-1. The molecule has 0 radical (unpaired) electrons. The van der Waals surface area contributed by atoms with E-state index >= 15 is 0 Å². The molecule has 0 fully saturated rings. The molecule has 5 heteroatoms. The summed E-state index contributed by atoms with van der Waals surface area (Å²) in [7, 11) is 0. The number of halogens is 1. The maximum absolute atomic E-state index is 11.0. The van der Waals surface area contributed by atoms with E-state index in [1.54, 1.807) is 24.3 Å². The third kappa shape index (κ3) is 4.94. The van der Waals surface area contributed by atoms with Crippen molar-refractivity contribution in [3.8, 4) is 0 Å². The van der Waals surface area contributed by atoms with Crippen LogP contribution in [0.4, 0.5) is 10.5 Å². The Morgan fingerprint density at radius 3 is 2.83 bits per heavy atom. The molecule has 0 aromatic heterocycles. The summed E-state index contributed by atoms with van der Waals surface area (Å²) < 4.78 is 5.34. The second kappa shape index (κ2) is 7.95. The lowest BCUT2D eigenvalue weighted by molar-refractivity contribution is -0.246. The minimum Gasteiger partial charge on any atom is -0.530 e. The van der Waals surface area contributed by atoms with Crippen LogP contribution in [0.1, 0.15) is 19.8 Å². The molecule has 0 aliphatic heterocycles. The summed E-state index contributed by atoms with van der Waals surface area (Å²) in [6.45, 7) is 3.31. The molecule has 0 saturated carbocycles. The highest BCUT2D eigenvalue weighted by Gasteiger charge is 2.07. The van der Waals surface area contributed by atoms with Gasteiger partial charge in [0.2, 0.25) is 0 Å². The van der Waals surface area contributed by atoms with E-state index in [0.29, 0.717) is 23.9 Å². The van der Waals surface area contributed by atoms with Gasteiger partial charge in [-0.2, -0.15) is 0 Å². The summed E-state index contributed by atoms with van der Waals surface area (Å²) >= 11 is 5.82. The Kier molecular flexibility index (Phi) is 6.54. The van der Waals surface area contributed by atoms with Gasteiger partial charge in [0, 0.05) is 23.9 Å². The highest BCUT2D eigenvalue weighted by molar-refractivity contribution is 6.30. The van der Waals surface area contributed by atoms with E-state index in [1.165, 1.54) is 0 Å². The van der Waals surface area contributed by atoms with Crippen LogP contribution in [0.25, 0.3) is 0 Å². The normalized spacial score (nSPS) is 10.3. The van der Waals surface area contributed by atoms with E-state index < -0.39 is 6.09 Å². The van der Waals surface area contributed by atoms with Gasteiger partial charge in [0.05, 0.1) is 6.61 Å². The van der Waals surface area contributed by atoms with Gasteiger partial charge < -0.3 is 19.5 Å². The molecule has 0 aliphatic carbocycles. The number of nitrogens with zero attached hydrogens (tertiary/aromatic N) is 1. The van der Waals surface area contributed by atoms with Gasteiger partial charge in [-0.1, -0.05) is 31.0 Å². The average Bonchev–Trinajstić information content (AvgIpc) is 2.33. The molecule has 1 amide bonds. The lowest BCUT2D eigenvalue weighted by Crippen LogP contribution is -2.43. The Morgan fingerprint density at radius 1 is 1.44 bits per heavy atom. The van der Waals surface area contributed by atoms with E-state index in [-0.39, 0.29) is 6.54 Å². The molecule has 4 nitrogen and oxygen atoms in total. The van der Waals surface area contributed by atoms with Crippen LogP contribution in [-0.2, 0) is 4.74 Å². The first-order valence-corrected chi connectivity index (χ1v) is 6.34. The van der Waals surface area contributed by atoms with Gasteiger partial charge in [-0.25, -0.2) is 0 Å². The van der Waals surface area contributed by atoms with Crippen LogP contribution < -0.4 is 10.0 Å². The van der Waals surface area contributed by atoms with Gasteiger partial charge in [-0.3, -0.25) is 0 Å². The predicted octanol–water partition coefficient (Wildman–Crippen LogP) is 2.31. The fraction of sp³-hybridized carbons (Fsp3) is 0.462. The molecule has 100 valence electrons. The summed E-state index contributed by atoms with van der Waals surface area (Å²) in [5, 5.41) is 11.5. The van der Waals surface area contributed by atoms with E-state index in [4.69, 9.17) is 16.3 Å². The van der Waals surface area contributed by atoms with Gasteiger partial charge in [0.15, 0.2) is 0 Å². The number of carboxylic acid groups (broad SMARTS) is 1. The number of amides is 1. The maximum Gasteiger partial charge on any atom is 0.141 e. The summed E-state index contributed by atoms with van der Waals surface area (Å²) in [6, 6.07) is 6.65. The predicted molar refractivity (Wildman–Crippen MR) is 69.9 cm³/mol. The molecule has 0 N–H and O–H groups in total. The first-order valence-electron chi connectivity index (χ1n) is 5.97. The summed E-state index contributed by atoms with van der Waals surface area (Å²) in [5.41, 5.74) is 0.501. The topological polar surface area (TPSA) is 52.6 Å². The molecule has 0 aliphatic rings. The molecule has 0 atom stereocenters. The van der Waals surface area contributed by atoms with Crippen molar-refractivity contribution >= 4 is 23.4 Å². The third-order valence-corrected chi connectivity index (χ3v) is 2.68. The molecule has 0 bridgehead atoms. The molecule has 1 aromatic carbocycles. The van der Waals surface area contributed by atoms with Crippen LogP contribution in [0.15, 0.2) is 24.3 Å². The number of carbonyl (C=O) groups is 1. The molecule has 0 saturated heterocycles. The third-order valence-electron chi connectivity index (χ3n) is 2.44. The van der Waals surface area contributed by atoms with Gasteiger partial charge in [-0.15, -0.1) is 0 Å². The maximum atomic E-state index is 11.0. The second-order valence-corrected chi connectivity index (χ2v) is 4.30. The average molecular weight is 271 g/mol. The van der Waals surface area contributed by atoms with E-state index in [9.17, 15) is 9.90 Å². The fourth-order valence-corrected chi connectivity index (χ4v) is 1.66. The van der Waals surface area contributed by atoms with Crippen molar-refractivity contribution in [1.29, 1.82) is 0 Å². The van der Waals surface area contributed by atoms with Crippen molar-refractivity contribution in [3.05, 3.63) is 29.3 Å². The number of hydrogen-bond acceptors (Lipinski definition) is 3. The quantitative estimate of drug-likeness (QED) is 0.715. The van der Waals surface area contributed by atoms with Crippen molar-refractivity contribution in [1.82, 2.24) is 0 Å². The number of anilines is 1. The second-order valence-electron chi connectivity index (χ2n) is 3.86. The zero-order chi connectivity index (χ0) is 13.4. The minimum absolute atomic E-state index is 0.242. The van der Waals surface area contributed by atoms with E-state index in [1.807, 2.05) is 0 Å². The first-order chi connectivity index (χ1) is 8.65. The number of carbonyl (C=O) groups excluding carboxylic acids is 1.